The van der Waals surface area contributed by atoms with Gasteiger partial charge in [-0.3, -0.25) is 19.2 Å². The SMILES string of the molecule is O=C1C2(F)C(F)(F)C3(F)C(F)(F)C1(F)C(F)(C(F)(F)OCC(O)COCC(COCC(O)COC(F)(F)C1(F)C4(F)C(=O)C5(F)C(F)(F)C(F)(C4(F)F)C(F)(F)C1(F)C5(F)F)(COCC(O)COC(F)(F)C1(F)C4(F)C(=O)C5(F)C(F)(F)C(F)(C4(F)F)C(F)(F)C1(F)C5(F)F)COCC(O)COC(F)(F)C1(F)C4(F)C(=O)C5(F)C(F)(F)C(F)(C4(F)F)C(F)(F)C1(F)C5(F)F)C(F)(C2(F)F)C3(F)F. The molecule has 0 aromatic carbocycles. The number of carbonyl (C=O) groups excluding carboxylic acids is 4. The third kappa shape index (κ3) is 8.87. The second kappa shape index (κ2) is 26.8. The third-order valence-corrected chi connectivity index (χ3v) is 26.5. The van der Waals surface area contributed by atoms with Crippen LogP contribution < -0.4 is 0 Å². The Bertz CT molecular complexity index is 4460. The summed E-state index contributed by atoms with van der Waals surface area (Å²) in [6.07, 6.45) is -49.2. The smallest absolute Gasteiger partial charge is 0.388 e. The van der Waals surface area contributed by atoms with Crippen molar-refractivity contribution in [1.82, 2.24) is 0 Å². The van der Waals surface area contributed by atoms with Gasteiger partial charge in [0.1, 0.15) is 24.4 Å². The highest BCUT2D eigenvalue weighted by molar-refractivity contribution is 6.08. The van der Waals surface area contributed by atoms with E-state index in [-0.39, 0.29) is 0 Å². The normalized spacial score (nSPS) is 47.2. The maximum absolute atomic E-state index is 16.7. The maximum Gasteiger partial charge on any atom is 0.397 e. The Morgan fingerprint density at radius 1 is 0.182 bits per heavy atom. The monoisotopic (exact) mass is 2160 g/mol. The first kappa shape index (κ1) is 110. The van der Waals surface area contributed by atoms with E-state index in [0.29, 0.717) is 0 Å². The van der Waals surface area contributed by atoms with Crippen LogP contribution in [0, 0.1) is 5.41 Å². The van der Waals surface area contributed by atoms with Crippen LogP contribution in [0.2, 0.25) is 0 Å². The van der Waals surface area contributed by atoms with Crippen molar-refractivity contribution in [3.8, 4) is 0 Å². The number of hydrogen-bond acceptors (Lipinski definition) is 16. The van der Waals surface area contributed by atoms with Crippen molar-refractivity contribution in [3.05, 3.63) is 0 Å². The van der Waals surface area contributed by atoms with Crippen molar-refractivity contribution in [2.45, 2.75) is 257 Å². The number of aliphatic hydroxyl groups is 4. The highest BCUT2D eigenvalue weighted by Crippen LogP contribution is 2.93. The minimum Gasteiger partial charge on any atom is -0.388 e. The van der Waals surface area contributed by atoms with Crippen LogP contribution in [0.3, 0.4) is 0 Å². The van der Waals surface area contributed by atoms with Gasteiger partial charge in [-0.1, -0.05) is 0 Å². The Hall–Kier alpha value is -6.00. The summed E-state index contributed by atoms with van der Waals surface area (Å²) in [4.78, 5) is 50.2. The molecule has 0 heterocycles. The second-order valence-electron chi connectivity index (χ2n) is 33.2. The first-order valence-corrected chi connectivity index (χ1v) is 35.1. The van der Waals surface area contributed by atoms with E-state index >= 15 is 228 Å². The van der Waals surface area contributed by atoms with Crippen molar-refractivity contribution in [3.63, 3.8) is 0 Å². The number of carbonyl (C=O) groups is 4. The summed E-state index contributed by atoms with van der Waals surface area (Å²) in [7, 11) is 0. The van der Waals surface area contributed by atoms with Crippen LogP contribution in [0.1, 0.15) is 0 Å². The number of alkyl halides is 60. The van der Waals surface area contributed by atoms with Gasteiger partial charge in [0.05, 0.1) is 84.7 Å². The summed E-state index contributed by atoms with van der Waals surface area (Å²) >= 11 is 0. The van der Waals surface area contributed by atoms with E-state index in [0.717, 1.165) is 0 Å². The average Bonchev–Trinajstić information content (AvgIpc) is 0.604. The first-order chi connectivity index (χ1) is 60.0. The standard InChI is InChI=1S/C61H32F60O16/c62-22-17(126)26(66)46(90,91)34(74,54(106,107)38(78,42(22,82)83)50(26,98)99)30(22,70)58(114,115)134-5-13(122)1-130-9-21(10-131-2-14(123)6-135-59(116,117)31(71)23(63)18(127)27(67)47(92,93)35(31,75)55(108,109)39(79,43(23,84)85)51(27,100)101,11-132-3-15(124)7-136-60(118,119)32(72)24(64)19(128)28(68)48(94,95)36(32,76)56(110,111)40(80,44(24,86)87)52(28,102)103)12-133-4-16(125)8-137-61(120,121)33(73)25(65)20(129)29(69)49(96,97)37(33,77)57(112,113)41(81,45(25,88)89)53(29,104)105/h13-16,122-125H,1-12H2. The molecule has 16 nitrogen and oxygen atoms in total. The lowest BCUT2D eigenvalue weighted by atomic mass is 9.38. The molecule has 0 radical (unpaired) electrons. The van der Waals surface area contributed by atoms with E-state index in [1.54, 1.807) is 0 Å². The Labute approximate surface area is 705 Å². The van der Waals surface area contributed by atoms with Crippen LogP contribution in [0.15, 0.2) is 0 Å². The van der Waals surface area contributed by atoms with Gasteiger partial charge in [-0.05, 0) is 0 Å². The molecule has 0 aromatic heterocycles. The molecule has 24 unspecified atom stereocenters. The molecule has 76 heteroatoms. The number of aliphatic hydroxyl groups excluding tert-OH is 4. The molecule has 0 spiro atoms. The summed E-state index contributed by atoms with van der Waals surface area (Å²) in [6, 6.07) is 0. The molecule has 16 rings (SSSR count). The molecule has 0 aromatic rings. The molecule has 16 fully saturated rings. The van der Waals surface area contributed by atoms with Crippen LogP contribution in [0.5, 0.6) is 0 Å². The molecule has 16 bridgehead atoms. The lowest BCUT2D eigenvalue weighted by molar-refractivity contribution is -0.555. The summed E-state index contributed by atoms with van der Waals surface area (Å²) in [6.45, 7) is -36.4. The van der Waals surface area contributed by atoms with Gasteiger partial charge in [0.25, 0.3) is 68.0 Å². The Balaban J connectivity index is 0.888. The van der Waals surface area contributed by atoms with Gasteiger partial charge in [0, 0.05) is 0 Å². The van der Waals surface area contributed by atoms with Gasteiger partial charge in [0.15, 0.2) is 0 Å². The van der Waals surface area contributed by atoms with Gasteiger partial charge in [0.2, 0.25) is 23.1 Å². The summed E-state index contributed by atoms with van der Waals surface area (Å²) in [5, 5.41) is 41.9. The number of halogens is 60. The number of Topliss-reactive ketones (excluding diaryl/α,β-unsaturated/α-hetero) is 4. The molecule has 0 aliphatic heterocycles. The zero-order chi connectivity index (χ0) is 107. The molecular formula is C61H32F60O16. The molecule has 137 heavy (non-hydrogen) atoms. The molecule has 24 atom stereocenters. The quantitative estimate of drug-likeness (QED) is 0.0460. The highest BCUT2D eigenvalue weighted by Gasteiger charge is 3.27. The molecule has 0 amide bonds. The summed E-state index contributed by atoms with van der Waals surface area (Å²) < 4.78 is 969. The Kier molecular flexibility index (Phi) is 21.5. The Morgan fingerprint density at radius 2 is 0.299 bits per heavy atom. The topological polar surface area (TPSA) is 223 Å². The molecule has 16 aliphatic rings. The minimum absolute atomic E-state index is 2.74. The number of rotatable bonds is 32. The van der Waals surface area contributed by atoms with Gasteiger partial charge >= 0.3 is 165 Å². The van der Waals surface area contributed by atoms with E-state index in [1.165, 1.54) is 0 Å². The predicted octanol–water partition coefficient (Wildman–Crippen LogP) is 12.7. The van der Waals surface area contributed by atoms with Gasteiger partial charge in [-0.2, -0.15) is 176 Å². The molecular weight excluding hydrogens is 2130 g/mol. The van der Waals surface area contributed by atoms with Crippen molar-refractivity contribution >= 4 is 23.1 Å². The van der Waals surface area contributed by atoms with E-state index < -0.39 is 365 Å². The third-order valence-electron chi connectivity index (χ3n) is 26.5. The number of ether oxygens (including phenoxy) is 8. The lowest BCUT2D eigenvalue weighted by Crippen LogP contribution is -3.08. The number of hydrogen-bond donors (Lipinski definition) is 4. The van der Waals surface area contributed by atoms with Crippen molar-refractivity contribution in [1.29, 1.82) is 0 Å². The van der Waals surface area contributed by atoms with Gasteiger partial charge < -0.3 is 58.3 Å². The fourth-order valence-electron chi connectivity index (χ4n) is 19.5. The Morgan fingerprint density at radius 3 is 0.431 bits per heavy atom. The van der Waals surface area contributed by atoms with Crippen LogP contribution in [-0.2, 0) is 57.1 Å². The van der Waals surface area contributed by atoms with Crippen LogP contribution in [-0.4, -0.2) is 380 Å². The molecule has 16 saturated carbocycles. The largest absolute Gasteiger partial charge is 0.397 e. The second-order valence-corrected chi connectivity index (χ2v) is 33.2. The fraction of sp³-hybridized carbons (Fsp3) is 0.934. The fourth-order valence-corrected chi connectivity index (χ4v) is 19.5. The van der Waals surface area contributed by atoms with Crippen LogP contribution >= 0.6 is 0 Å². The van der Waals surface area contributed by atoms with Crippen LogP contribution in [0.4, 0.5) is 263 Å². The van der Waals surface area contributed by atoms with Crippen molar-refractivity contribution in [2.24, 2.45) is 5.41 Å². The zero-order valence-electron chi connectivity index (χ0n) is 62.7. The van der Waals surface area contributed by atoms with E-state index in [9.17, 15) is 74.7 Å². The maximum atomic E-state index is 16.7. The summed E-state index contributed by atoms with van der Waals surface area (Å²) in [5.74, 6) is -160. The van der Waals surface area contributed by atoms with Gasteiger partial charge in [-0.25, -0.2) is 87.8 Å². The molecule has 16 aliphatic carbocycles. The average molecular weight is 2160 g/mol. The highest BCUT2D eigenvalue weighted by atomic mass is 19.4. The van der Waals surface area contributed by atoms with Crippen LogP contribution in [0.25, 0.3) is 0 Å². The molecule has 4 N–H and O–H groups in total. The van der Waals surface area contributed by atoms with Crippen molar-refractivity contribution in [2.75, 3.05) is 79.3 Å². The van der Waals surface area contributed by atoms with E-state index in [4.69, 9.17) is 0 Å². The number of ketones is 4. The first-order valence-electron chi connectivity index (χ1n) is 35.1. The predicted molar refractivity (Wildman–Crippen MR) is 289 cm³/mol. The zero-order valence-corrected chi connectivity index (χ0v) is 62.7. The van der Waals surface area contributed by atoms with Gasteiger partial charge in [-0.15, -0.1) is 0 Å². The minimum atomic E-state index is -8.86. The van der Waals surface area contributed by atoms with Crippen molar-refractivity contribution < 1.29 is 341 Å². The molecule has 792 valence electrons. The van der Waals surface area contributed by atoms with E-state index in [1.807, 2.05) is 0 Å². The van der Waals surface area contributed by atoms with E-state index in [2.05, 4.69) is 37.9 Å². The lowest BCUT2D eigenvalue weighted by Gasteiger charge is -2.72. The summed E-state index contributed by atoms with van der Waals surface area (Å²) in [5.41, 5.74) is -174. The molecule has 0 saturated heterocycles.